The molecule has 0 saturated carbocycles. The first-order valence-corrected chi connectivity index (χ1v) is 7.15. The molecule has 0 aromatic carbocycles. The van der Waals surface area contributed by atoms with E-state index < -0.39 is 0 Å². The second-order valence-corrected chi connectivity index (χ2v) is 6.48. The maximum absolute atomic E-state index is 11.6. The third-order valence-corrected chi connectivity index (χ3v) is 4.04. The predicted octanol–water partition coefficient (Wildman–Crippen LogP) is 2.01. The minimum atomic E-state index is 0.124. The van der Waals surface area contributed by atoms with Crippen LogP contribution in [0.3, 0.4) is 0 Å². The van der Waals surface area contributed by atoms with Crippen LogP contribution >= 0.6 is 11.8 Å². The molecule has 0 rings (SSSR count). The van der Waals surface area contributed by atoms with Gasteiger partial charge < -0.3 is 11.1 Å². The maximum atomic E-state index is 11.6. The number of rotatable bonds is 8. The molecule has 3 N–H and O–H groups in total. The summed E-state index contributed by atoms with van der Waals surface area (Å²) in [6, 6.07) is 0. The molecule has 0 aliphatic rings. The molecule has 0 saturated heterocycles. The van der Waals surface area contributed by atoms with E-state index in [1.54, 1.807) is 11.8 Å². The molecule has 0 aromatic heterocycles. The smallest absolute Gasteiger partial charge is 0.220 e. The molecule has 16 heavy (non-hydrogen) atoms. The topological polar surface area (TPSA) is 55.1 Å². The molecule has 96 valence electrons. The molecule has 0 spiro atoms. The van der Waals surface area contributed by atoms with Gasteiger partial charge in [-0.15, -0.1) is 0 Å². The summed E-state index contributed by atoms with van der Waals surface area (Å²) in [5.41, 5.74) is 5.47. The first-order valence-electron chi connectivity index (χ1n) is 5.93. The zero-order chi connectivity index (χ0) is 12.6. The Morgan fingerprint density at radius 2 is 2.06 bits per heavy atom. The Morgan fingerprint density at radius 1 is 1.44 bits per heavy atom. The number of carbonyl (C=O) groups excluding carboxylic acids is 1. The summed E-state index contributed by atoms with van der Waals surface area (Å²) >= 11 is 1.77. The molecule has 0 bridgehead atoms. The summed E-state index contributed by atoms with van der Waals surface area (Å²) in [5, 5.41) is 2.98. The molecule has 0 aromatic rings. The fraction of sp³-hybridized carbons (Fsp3) is 0.917. The molecule has 0 aliphatic carbocycles. The third kappa shape index (κ3) is 7.99. The van der Waals surface area contributed by atoms with Crippen LogP contribution < -0.4 is 11.1 Å². The van der Waals surface area contributed by atoms with Gasteiger partial charge in [-0.2, -0.15) is 11.8 Å². The molecule has 0 radical (unpaired) electrons. The van der Waals surface area contributed by atoms with Crippen LogP contribution in [0.15, 0.2) is 0 Å². The highest BCUT2D eigenvalue weighted by Crippen LogP contribution is 2.19. The highest BCUT2D eigenvalue weighted by molar-refractivity contribution is 7.99. The molecule has 3 nitrogen and oxygen atoms in total. The fourth-order valence-electron chi connectivity index (χ4n) is 1.28. The van der Waals surface area contributed by atoms with E-state index in [4.69, 9.17) is 5.73 Å². The van der Waals surface area contributed by atoms with Gasteiger partial charge in [0, 0.05) is 17.7 Å². The molecular formula is C12H26N2OS. The number of nitrogens with two attached hydrogens (primary N) is 1. The van der Waals surface area contributed by atoms with Crippen molar-refractivity contribution >= 4 is 17.7 Å². The highest BCUT2D eigenvalue weighted by Gasteiger charge is 2.16. The van der Waals surface area contributed by atoms with Gasteiger partial charge in [-0.25, -0.2) is 0 Å². The quantitative estimate of drug-likeness (QED) is 0.689. The van der Waals surface area contributed by atoms with Crippen LogP contribution in [-0.2, 0) is 4.79 Å². The van der Waals surface area contributed by atoms with Crippen molar-refractivity contribution in [3.8, 4) is 0 Å². The summed E-state index contributed by atoms with van der Waals surface area (Å²) in [6.45, 7) is 7.86. The third-order valence-electron chi connectivity index (χ3n) is 2.79. The van der Waals surface area contributed by atoms with E-state index >= 15 is 0 Å². The van der Waals surface area contributed by atoms with Crippen LogP contribution in [0.1, 0.15) is 40.0 Å². The normalized spacial score (nSPS) is 13.6. The van der Waals surface area contributed by atoms with Crippen molar-refractivity contribution in [2.75, 3.05) is 19.3 Å². The number of thioether (sulfide) groups is 1. The van der Waals surface area contributed by atoms with E-state index in [1.807, 2.05) is 0 Å². The van der Waals surface area contributed by atoms with Gasteiger partial charge in [0.15, 0.2) is 0 Å². The molecule has 1 atom stereocenters. The predicted molar refractivity (Wildman–Crippen MR) is 72.7 cm³/mol. The van der Waals surface area contributed by atoms with E-state index in [9.17, 15) is 4.79 Å². The first-order chi connectivity index (χ1) is 7.41. The second kappa shape index (κ2) is 7.96. The summed E-state index contributed by atoms with van der Waals surface area (Å²) < 4.78 is 0.124. The molecule has 4 heteroatoms. The van der Waals surface area contributed by atoms with Crippen LogP contribution in [0, 0.1) is 5.92 Å². The van der Waals surface area contributed by atoms with E-state index in [2.05, 4.69) is 32.3 Å². The fourth-order valence-corrected chi connectivity index (χ4v) is 1.49. The van der Waals surface area contributed by atoms with Crippen LogP contribution in [0.2, 0.25) is 0 Å². The number of hydrogen-bond acceptors (Lipinski definition) is 3. The number of nitrogens with one attached hydrogen (secondary N) is 1. The Bertz CT molecular complexity index is 207. The van der Waals surface area contributed by atoms with Crippen molar-refractivity contribution < 1.29 is 4.79 Å². The van der Waals surface area contributed by atoms with Crippen molar-refractivity contribution in [2.24, 2.45) is 11.7 Å². The van der Waals surface area contributed by atoms with Crippen LogP contribution in [0.5, 0.6) is 0 Å². The SMILES string of the molecule is CSC(C)(C)CNC(=O)CCC(C)CCN. The average molecular weight is 246 g/mol. The van der Waals surface area contributed by atoms with Gasteiger partial charge in [0.2, 0.25) is 5.91 Å². The molecule has 0 fully saturated rings. The lowest BCUT2D eigenvalue weighted by Gasteiger charge is -2.22. The largest absolute Gasteiger partial charge is 0.355 e. The van der Waals surface area contributed by atoms with E-state index in [0.717, 1.165) is 19.4 Å². The maximum Gasteiger partial charge on any atom is 0.220 e. The second-order valence-electron chi connectivity index (χ2n) is 4.96. The van der Waals surface area contributed by atoms with Crippen LogP contribution in [-0.4, -0.2) is 30.0 Å². The number of hydrogen-bond donors (Lipinski definition) is 2. The lowest BCUT2D eigenvalue weighted by Crippen LogP contribution is -2.36. The molecular weight excluding hydrogens is 220 g/mol. The molecule has 0 heterocycles. The summed E-state index contributed by atoms with van der Waals surface area (Å²) in [7, 11) is 0. The molecule has 0 aliphatic heterocycles. The zero-order valence-corrected chi connectivity index (χ0v) is 11.8. The summed E-state index contributed by atoms with van der Waals surface area (Å²) in [4.78, 5) is 11.6. The number of carbonyl (C=O) groups is 1. The van der Waals surface area contributed by atoms with Gasteiger partial charge in [0.1, 0.15) is 0 Å². The molecule has 1 amide bonds. The van der Waals surface area contributed by atoms with Gasteiger partial charge in [0.25, 0.3) is 0 Å². The molecule has 1 unspecified atom stereocenters. The van der Waals surface area contributed by atoms with E-state index in [-0.39, 0.29) is 10.7 Å². The van der Waals surface area contributed by atoms with E-state index in [1.165, 1.54) is 0 Å². The Labute approximate surface area is 104 Å². The lowest BCUT2D eigenvalue weighted by atomic mass is 10.0. The van der Waals surface area contributed by atoms with Crippen molar-refractivity contribution in [1.29, 1.82) is 0 Å². The average Bonchev–Trinajstić information content (AvgIpc) is 2.24. The zero-order valence-electron chi connectivity index (χ0n) is 11.0. The Balaban J connectivity index is 3.67. The van der Waals surface area contributed by atoms with Crippen LogP contribution in [0.25, 0.3) is 0 Å². The van der Waals surface area contributed by atoms with Gasteiger partial charge in [0.05, 0.1) is 0 Å². The minimum Gasteiger partial charge on any atom is -0.355 e. The Hall–Kier alpha value is -0.220. The first kappa shape index (κ1) is 15.8. The lowest BCUT2D eigenvalue weighted by molar-refractivity contribution is -0.121. The Kier molecular flexibility index (Phi) is 7.85. The van der Waals surface area contributed by atoms with Crippen molar-refractivity contribution in [3.05, 3.63) is 0 Å². The monoisotopic (exact) mass is 246 g/mol. The highest BCUT2D eigenvalue weighted by atomic mass is 32.2. The Morgan fingerprint density at radius 3 is 2.56 bits per heavy atom. The van der Waals surface area contributed by atoms with Gasteiger partial charge in [-0.1, -0.05) is 6.92 Å². The standard InChI is InChI=1S/C12H26N2OS/c1-10(7-8-13)5-6-11(15)14-9-12(2,3)16-4/h10H,5-9,13H2,1-4H3,(H,14,15). The van der Waals surface area contributed by atoms with Gasteiger partial charge >= 0.3 is 0 Å². The van der Waals surface area contributed by atoms with Crippen molar-refractivity contribution in [2.45, 2.75) is 44.8 Å². The van der Waals surface area contributed by atoms with Gasteiger partial charge in [-0.3, -0.25) is 4.79 Å². The van der Waals surface area contributed by atoms with Crippen molar-refractivity contribution in [1.82, 2.24) is 5.32 Å². The summed E-state index contributed by atoms with van der Waals surface area (Å²) in [5.74, 6) is 0.704. The minimum absolute atomic E-state index is 0.124. The number of amides is 1. The van der Waals surface area contributed by atoms with Gasteiger partial charge in [-0.05, 0) is 45.4 Å². The van der Waals surface area contributed by atoms with Crippen LogP contribution in [0.4, 0.5) is 0 Å². The van der Waals surface area contributed by atoms with E-state index in [0.29, 0.717) is 18.9 Å². The van der Waals surface area contributed by atoms with Crippen molar-refractivity contribution in [3.63, 3.8) is 0 Å². The summed E-state index contributed by atoms with van der Waals surface area (Å²) in [6.07, 6.45) is 4.62.